The van der Waals surface area contributed by atoms with Crippen LogP contribution in [0, 0.1) is 5.82 Å². The van der Waals surface area contributed by atoms with Gasteiger partial charge >= 0.3 is 6.03 Å². The number of halogens is 1. The second kappa shape index (κ2) is 6.66. The number of nitrogens with zero attached hydrogens (tertiary/aromatic N) is 3. The molecule has 2 heterocycles. The molecule has 6 nitrogen and oxygen atoms in total. The van der Waals surface area contributed by atoms with Crippen LogP contribution in [0.5, 0.6) is 0 Å². The van der Waals surface area contributed by atoms with E-state index in [1.165, 1.54) is 17.0 Å². The number of nitrogens with one attached hydrogen (secondary N) is 1. The van der Waals surface area contributed by atoms with Crippen LogP contribution in [0.2, 0.25) is 0 Å². The van der Waals surface area contributed by atoms with Crippen LogP contribution < -0.4 is 5.32 Å². The lowest BCUT2D eigenvalue weighted by Gasteiger charge is -2.23. The molecule has 3 rings (SSSR count). The summed E-state index contributed by atoms with van der Waals surface area (Å²) in [4.78, 5) is 26.5. The molecule has 1 aliphatic heterocycles. The van der Waals surface area contributed by atoms with Gasteiger partial charge in [-0.15, -0.1) is 0 Å². The minimum Gasteiger partial charge on any atom is -0.319 e. The van der Waals surface area contributed by atoms with E-state index in [-0.39, 0.29) is 11.7 Å². The lowest BCUT2D eigenvalue weighted by atomic mass is 9.89. The summed E-state index contributed by atoms with van der Waals surface area (Å²) < 4.78 is 14.8. The quantitative estimate of drug-likeness (QED) is 0.818. The van der Waals surface area contributed by atoms with Gasteiger partial charge < -0.3 is 5.32 Å². The van der Waals surface area contributed by atoms with Crippen LogP contribution in [-0.2, 0) is 23.8 Å². The first-order valence-corrected chi connectivity index (χ1v) is 8.34. The maximum atomic E-state index is 13.2. The van der Waals surface area contributed by atoms with Gasteiger partial charge in [-0.05, 0) is 37.0 Å². The Hall–Kier alpha value is -2.70. The Kier molecular flexibility index (Phi) is 4.57. The van der Waals surface area contributed by atoms with Crippen molar-refractivity contribution < 1.29 is 14.0 Å². The highest BCUT2D eigenvalue weighted by molar-refractivity contribution is 6.07. The molecule has 7 heteroatoms. The van der Waals surface area contributed by atoms with Gasteiger partial charge in [-0.1, -0.05) is 19.1 Å². The molecular weight excluding hydrogens is 323 g/mol. The minimum atomic E-state index is -1.05. The van der Waals surface area contributed by atoms with E-state index in [9.17, 15) is 14.0 Å². The molecule has 1 aliphatic rings. The van der Waals surface area contributed by atoms with Crippen molar-refractivity contribution >= 4 is 11.9 Å². The zero-order chi connectivity index (χ0) is 18.0. The van der Waals surface area contributed by atoms with E-state index < -0.39 is 11.6 Å². The number of carbonyl (C=O) groups excluding carboxylic acids is 2. The molecule has 1 atom stereocenters. The minimum absolute atomic E-state index is 0.257. The van der Waals surface area contributed by atoms with Gasteiger partial charge in [0, 0.05) is 25.4 Å². The maximum absolute atomic E-state index is 13.2. The van der Waals surface area contributed by atoms with Crippen molar-refractivity contribution in [1.29, 1.82) is 0 Å². The summed E-state index contributed by atoms with van der Waals surface area (Å²) in [5.74, 6) is -0.540. The molecule has 0 aliphatic carbocycles. The molecule has 3 amide bonds. The van der Waals surface area contributed by atoms with E-state index in [4.69, 9.17) is 0 Å². The second-order valence-electron chi connectivity index (χ2n) is 6.28. The number of hydrogen-bond donors (Lipinski definition) is 1. The molecular formula is C18H21FN4O2. The summed E-state index contributed by atoms with van der Waals surface area (Å²) in [6.45, 7) is 2.16. The van der Waals surface area contributed by atoms with Crippen molar-refractivity contribution in [1.82, 2.24) is 20.0 Å². The Morgan fingerprint density at radius 2 is 2.12 bits per heavy atom. The van der Waals surface area contributed by atoms with E-state index in [1.807, 2.05) is 13.0 Å². The summed E-state index contributed by atoms with van der Waals surface area (Å²) in [5.41, 5.74) is 0.481. The fraction of sp³-hybridized carbons (Fsp3) is 0.389. The Morgan fingerprint density at radius 1 is 1.32 bits per heavy atom. The Labute approximate surface area is 145 Å². The smallest absolute Gasteiger partial charge is 0.319 e. The van der Waals surface area contributed by atoms with Gasteiger partial charge in [0.15, 0.2) is 0 Å². The van der Waals surface area contributed by atoms with E-state index in [1.54, 1.807) is 30.2 Å². The van der Waals surface area contributed by atoms with E-state index in [2.05, 4.69) is 10.4 Å². The van der Waals surface area contributed by atoms with Crippen molar-refractivity contribution in [2.24, 2.45) is 7.05 Å². The summed E-state index contributed by atoms with van der Waals surface area (Å²) >= 11 is 0. The summed E-state index contributed by atoms with van der Waals surface area (Å²) in [6, 6.07) is 5.96. The van der Waals surface area contributed by atoms with Gasteiger partial charge in [-0.25, -0.2) is 9.18 Å². The molecule has 0 saturated carbocycles. The van der Waals surface area contributed by atoms with Gasteiger partial charge in [0.2, 0.25) is 0 Å². The van der Waals surface area contributed by atoms with Crippen molar-refractivity contribution in [3.8, 4) is 0 Å². The van der Waals surface area contributed by atoms with Gasteiger partial charge in [0.1, 0.15) is 11.4 Å². The molecule has 1 aromatic heterocycles. The topological polar surface area (TPSA) is 67.2 Å². The summed E-state index contributed by atoms with van der Waals surface area (Å²) in [6.07, 6.45) is 4.98. The van der Waals surface area contributed by atoms with E-state index in [0.717, 1.165) is 5.56 Å². The largest absolute Gasteiger partial charge is 0.325 e. The number of urea groups is 1. The number of aryl methyl sites for hydroxylation is 2. The van der Waals surface area contributed by atoms with Gasteiger partial charge in [0.25, 0.3) is 5.91 Å². The highest BCUT2D eigenvalue weighted by Crippen LogP contribution is 2.32. The van der Waals surface area contributed by atoms with Crippen LogP contribution >= 0.6 is 0 Å². The highest BCUT2D eigenvalue weighted by Gasteiger charge is 2.51. The zero-order valence-electron chi connectivity index (χ0n) is 14.3. The zero-order valence-corrected chi connectivity index (χ0v) is 14.3. The van der Waals surface area contributed by atoms with Gasteiger partial charge in [-0.3, -0.25) is 14.4 Å². The molecule has 1 aromatic carbocycles. The van der Waals surface area contributed by atoms with Crippen LogP contribution in [0.15, 0.2) is 36.7 Å². The molecule has 1 saturated heterocycles. The van der Waals surface area contributed by atoms with Crippen LogP contribution in [0.25, 0.3) is 0 Å². The number of imide groups is 1. The lowest BCUT2D eigenvalue weighted by molar-refractivity contribution is -0.131. The first-order valence-electron chi connectivity index (χ1n) is 8.34. The molecule has 132 valence electrons. The third-order valence-corrected chi connectivity index (χ3v) is 4.64. The lowest BCUT2D eigenvalue weighted by Crippen LogP contribution is -2.43. The predicted octanol–water partition coefficient (Wildman–Crippen LogP) is 2.35. The number of amides is 3. The van der Waals surface area contributed by atoms with Crippen molar-refractivity contribution in [3.05, 3.63) is 53.6 Å². The Balaban J connectivity index is 1.70. The standard InChI is InChI=1S/C18H21FN4O2/c1-3-18(14-11-20-22(2)12-14)16(24)23(17(25)21-18)9-5-7-13-6-4-8-15(19)10-13/h4,6,8,10-12H,3,5,7,9H2,1-2H3,(H,21,25)/t18-/m0/s1. The third kappa shape index (κ3) is 3.14. The van der Waals surface area contributed by atoms with Crippen LogP contribution in [0.1, 0.15) is 30.9 Å². The first kappa shape index (κ1) is 17.1. The number of carbonyl (C=O) groups is 2. The first-order chi connectivity index (χ1) is 12.0. The number of rotatable bonds is 6. The third-order valence-electron chi connectivity index (χ3n) is 4.64. The molecule has 0 spiro atoms. The monoisotopic (exact) mass is 344 g/mol. The fourth-order valence-corrected chi connectivity index (χ4v) is 3.24. The molecule has 0 radical (unpaired) electrons. The Morgan fingerprint density at radius 3 is 2.76 bits per heavy atom. The second-order valence-corrected chi connectivity index (χ2v) is 6.28. The van der Waals surface area contributed by atoms with Crippen LogP contribution in [-0.4, -0.2) is 33.2 Å². The average Bonchev–Trinajstić information content (AvgIpc) is 3.12. The van der Waals surface area contributed by atoms with Crippen LogP contribution in [0.3, 0.4) is 0 Å². The maximum Gasteiger partial charge on any atom is 0.325 e. The summed E-state index contributed by atoms with van der Waals surface area (Å²) in [5, 5.41) is 6.94. The molecule has 1 fully saturated rings. The Bertz CT molecular complexity index is 804. The summed E-state index contributed by atoms with van der Waals surface area (Å²) in [7, 11) is 1.77. The molecule has 0 unspecified atom stereocenters. The van der Waals surface area contributed by atoms with E-state index in [0.29, 0.717) is 31.4 Å². The molecule has 2 aromatic rings. The number of hydrogen-bond acceptors (Lipinski definition) is 3. The normalized spacial score (nSPS) is 20.2. The van der Waals surface area contributed by atoms with Gasteiger partial charge in [0.05, 0.1) is 6.20 Å². The molecule has 25 heavy (non-hydrogen) atoms. The molecule has 1 N–H and O–H groups in total. The van der Waals surface area contributed by atoms with Crippen molar-refractivity contribution in [2.45, 2.75) is 31.7 Å². The van der Waals surface area contributed by atoms with Gasteiger partial charge in [-0.2, -0.15) is 5.10 Å². The predicted molar refractivity (Wildman–Crippen MR) is 90.1 cm³/mol. The SMILES string of the molecule is CC[C@@]1(c2cnn(C)c2)NC(=O)N(CCCc2cccc(F)c2)C1=O. The van der Waals surface area contributed by atoms with E-state index >= 15 is 0 Å². The van der Waals surface area contributed by atoms with Crippen molar-refractivity contribution in [2.75, 3.05) is 6.54 Å². The highest BCUT2D eigenvalue weighted by atomic mass is 19.1. The molecule has 0 bridgehead atoms. The van der Waals surface area contributed by atoms with Crippen molar-refractivity contribution in [3.63, 3.8) is 0 Å². The number of aromatic nitrogens is 2. The average molecular weight is 344 g/mol. The van der Waals surface area contributed by atoms with Crippen LogP contribution in [0.4, 0.5) is 9.18 Å². The number of benzene rings is 1. The fourth-order valence-electron chi connectivity index (χ4n) is 3.24.